The zero-order valence-electron chi connectivity index (χ0n) is 15.5. The summed E-state index contributed by atoms with van der Waals surface area (Å²) < 4.78 is 76.4. The van der Waals surface area contributed by atoms with Crippen LogP contribution in [0.3, 0.4) is 0 Å². The standard InChI is InChI=1S/C19H11F5N2O5/c1-8-2-4-10(11(6-8)26(28)29)25-19(27)12-5-3-9(31-12)7-30-18-16(23)14(21)13(20)15(22)17(18)24/h2-6H,7H2,1H3,(H,25,27). The van der Waals surface area contributed by atoms with Crippen molar-refractivity contribution < 1.29 is 40.8 Å². The molecular formula is C19H11F5N2O5. The molecule has 0 aliphatic carbocycles. The quantitative estimate of drug-likeness (QED) is 0.190. The van der Waals surface area contributed by atoms with Crippen LogP contribution in [0.2, 0.25) is 0 Å². The molecule has 0 atom stereocenters. The van der Waals surface area contributed by atoms with E-state index >= 15 is 0 Å². The van der Waals surface area contributed by atoms with E-state index in [-0.39, 0.29) is 22.9 Å². The highest BCUT2D eigenvalue weighted by Crippen LogP contribution is 2.30. The first kappa shape index (κ1) is 21.7. The predicted octanol–water partition coefficient (Wildman–Crippen LogP) is 5.02. The van der Waals surface area contributed by atoms with Crippen LogP contribution in [-0.4, -0.2) is 10.8 Å². The molecule has 2 aromatic carbocycles. The van der Waals surface area contributed by atoms with E-state index in [1.165, 1.54) is 18.2 Å². The van der Waals surface area contributed by atoms with Gasteiger partial charge in [-0.15, -0.1) is 0 Å². The van der Waals surface area contributed by atoms with E-state index in [2.05, 4.69) is 10.1 Å². The molecule has 0 bridgehead atoms. The Kier molecular flexibility index (Phi) is 5.90. The fourth-order valence-corrected chi connectivity index (χ4v) is 2.51. The van der Waals surface area contributed by atoms with Gasteiger partial charge in [-0.05, 0) is 30.7 Å². The highest BCUT2D eigenvalue weighted by molar-refractivity contribution is 6.03. The number of nitrogens with zero attached hydrogens (tertiary/aromatic N) is 1. The van der Waals surface area contributed by atoms with Gasteiger partial charge in [-0.1, -0.05) is 6.07 Å². The van der Waals surface area contributed by atoms with Crippen molar-refractivity contribution in [3.05, 3.63) is 86.6 Å². The van der Waals surface area contributed by atoms with Gasteiger partial charge in [-0.2, -0.15) is 8.78 Å². The number of ether oxygens (including phenoxy) is 1. The number of carbonyl (C=O) groups is 1. The van der Waals surface area contributed by atoms with Crippen LogP contribution in [0.5, 0.6) is 5.75 Å². The summed E-state index contributed by atoms with van der Waals surface area (Å²) in [5, 5.41) is 13.4. The first-order valence-electron chi connectivity index (χ1n) is 8.39. The van der Waals surface area contributed by atoms with E-state index < -0.39 is 52.3 Å². The molecule has 0 fully saturated rings. The monoisotopic (exact) mass is 442 g/mol. The molecule has 0 saturated carbocycles. The van der Waals surface area contributed by atoms with Crippen molar-refractivity contribution in [3.63, 3.8) is 0 Å². The number of halogens is 5. The molecule has 3 rings (SSSR count). The van der Waals surface area contributed by atoms with Crippen LogP contribution in [0.15, 0.2) is 34.7 Å². The van der Waals surface area contributed by atoms with Gasteiger partial charge in [0.2, 0.25) is 29.1 Å². The predicted molar refractivity (Wildman–Crippen MR) is 95.1 cm³/mol. The summed E-state index contributed by atoms with van der Waals surface area (Å²) in [5.74, 6) is -13.9. The number of aryl methyl sites for hydroxylation is 1. The van der Waals surface area contributed by atoms with Crippen molar-refractivity contribution >= 4 is 17.3 Å². The van der Waals surface area contributed by atoms with Crippen molar-refractivity contribution in [1.29, 1.82) is 0 Å². The Morgan fingerprint density at radius 1 is 1.03 bits per heavy atom. The van der Waals surface area contributed by atoms with E-state index in [0.29, 0.717) is 5.56 Å². The van der Waals surface area contributed by atoms with E-state index in [9.17, 15) is 36.9 Å². The van der Waals surface area contributed by atoms with Gasteiger partial charge >= 0.3 is 0 Å². The number of carbonyl (C=O) groups excluding carboxylic acids is 1. The maximum absolute atomic E-state index is 13.6. The fraction of sp³-hybridized carbons (Fsp3) is 0.105. The fourth-order valence-electron chi connectivity index (χ4n) is 2.51. The van der Waals surface area contributed by atoms with Crippen LogP contribution in [0.1, 0.15) is 21.9 Å². The van der Waals surface area contributed by atoms with Crippen molar-refractivity contribution in [1.82, 2.24) is 0 Å². The lowest BCUT2D eigenvalue weighted by atomic mass is 10.2. The van der Waals surface area contributed by atoms with Crippen LogP contribution in [0.4, 0.5) is 33.3 Å². The topological polar surface area (TPSA) is 94.6 Å². The molecule has 0 saturated heterocycles. The zero-order chi connectivity index (χ0) is 22.9. The second kappa shape index (κ2) is 8.42. The number of amides is 1. The summed E-state index contributed by atoms with van der Waals surface area (Å²) in [7, 11) is 0. The largest absolute Gasteiger partial charge is 0.479 e. The second-order valence-corrected chi connectivity index (χ2v) is 6.19. The number of nitro groups is 1. The minimum atomic E-state index is -2.33. The zero-order valence-corrected chi connectivity index (χ0v) is 15.5. The van der Waals surface area contributed by atoms with Gasteiger partial charge in [0.1, 0.15) is 18.1 Å². The third-order valence-electron chi connectivity index (χ3n) is 4.01. The summed E-state index contributed by atoms with van der Waals surface area (Å²) in [6.45, 7) is 0.859. The first-order chi connectivity index (χ1) is 14.6. The Balaban J connectivity index is 1.75. The molecule has 0 unspecified atom stereocenters. The number of benzene rings is 2. The summed E-state index contributed by atoms with van der Waals surface area (Å²) in [6.07, 6.45) is 0. The van der Waals surface area contributed by atoms with Crippen LogP contribution in [0, 0.1) is 46.1 Å². The maximum atomic E-state index is 13.6. The Labute approximate surface area is 170 Å². The van der Waals surface area contributed by atoms with Crippen LogP contribution >= 0.6 is 0 Å². The van der Waals surface area contributed by atoms with E-state index in [1.807, 2.05) is 0 Å². The summed E-state index contributed by atoms with van der Waals surface area (Å²) >= 11 is 0. The van der Waals surface area contributed by atoms with Crippen molar-refractivity contribution in [3.8, 4) is 5.75 Å². The van der Waals surface area contributed by atoms with Crippen LogP contribution in [0.25, 0.3) is 0 Å². The minimum absolute atomic E-state index is 0.101. The highest BCUT2D eigenvalue weighted by Gasteiger charge is 2.27. The molecule has 0 spiro atoms. The van der Waals surface area contributed by atoms with E-state index in [1.54, 1.807) is 6.92 Å². The number of hydrogen-bond acceptors (Lipinski definition) is 5. The van der Waals surface area contributed by atoms with Gasteiger partial charge < -0.3 is 14.5 Å². The van der Waals surface area contributed by atoms with Gasteiger partial charge in [0, 0.05) is 6.07 Å². The molecular weight excluding hydrogens is 431 g/mol. The molecule has 0 aliphatic rings. The molecule has 1 heterocycles. The van der Waals surface area contributed by atoms with Crippen LogP contribution < -0.4 is 10.1 Å². The molecule has 3 aromatic rings. The Bertz CT molecular complexity index is 1170. The number of nitrogens with one attached hydrogen (secondary N) is 1. The lowest BCUT2D eigenvalue weighted by molar-refractivity contribution is -0.384. The van der Waals surface area contributed by atoms with Gasteiger partial charge in [0.15, 0.2) is 11.5 Å². The third kappa shape index (κ3) is 4.32. The molecule has 31 heavy (non-hydrogen) atoms. The van der Waals surface area contributed by atoms with Gasteiger partial charge in [-0.3, -0.25) is 14.9 Å². The molecule has 7 nitrogen and oxygen atoms in total. The van der Waals surface area contributed by atoms with E-state index in [4.69, 9.17) is 4.42 Å². The number of rotatable bonds is 6. The lowest BCUT2D eigenvalue weighted by Crippen LogP contribution is -2.12. The Morgan fingerprint density at radius 2 is 1.65 bits per heavy atom. The van der Waals surface area contributed by atoms with Crippen molar-refractivity contribution in [2.45, 2.75) is 13.5 Å². The molecule has 12 heteroatoms. The molecule has 0 aliphatic heterocycles. The molecule has 1 amide bonds. The highest BCUT2D eigenvalue weighted by atomic mass is 19.2. The average Bonchev–Trinajstić information content (AvgIpc) is 3.21. The Morgan fingerprint density at radius 3 is 2.26 bits per heavy atom. The number of furan rings is 1. The lowest BCUT2D eigenvalue weighted by Gasteiger charge is -2.09. The number of anilines is 1. The first-order valence-corrected chi connectivity index (χ1v) is 8.39. The molecule has 1 aromatic heterocycles. The Hall–Kier alpha value is -3.96. The summed E-state index contributed by atoms with van der Waals surface area (Å²) in [6, 6.07) is 6.40. The van der Waals surface area contributed by atoms with Crippen molar-refractivity contribution in [2.24, 2.45) is 0 Å². The van der Waals surface area contributed by atoms with Crippen molar-refractivity contribution in [2.75, 3.05) is 5.32 Å². The molecule has 1 N–H and O–H groups in total. The normalized spacial score (nSPS) is 10.8. The third-order valence-corrected chi connectivity index (χ3v) is 4.01. The van der Waals surface area contributed by atoms with Gasteiger partial charge in [0.05, 0.1) is 4.92 Å². The molecule has 162 valence electrons. The number of hydrogen-bond donors (Lipinski definition) is 1. The second-order valence-electron chi connectivity index (χ2n) is 6.19. The average molecular weight is 442 g/mol. The summed E-state index contributed by atoms with van der Waals surface area (Å²) in [5.41, 5.74) is 0.140. The SMILES string of the molecule is Cc1ccc(NC(=O)c2ccc(COc3c(F)c(F)c(F)c(F)c3F)o2)c([N+](=O)[O-])c1. The smallest absolute Gasteiger partial charge is 0.293 e. The molecule has 0 radical (unpaired) electrons. The number of nitro benzene ring substituents is 1. The minimum Gasteiger partial charge on any atom is -0.479 e. The summed E-state index contributed by atoms with van der Waals surface area (Å²) in [4.78, 5) is 22.7. The van der Waals surface area contributed by atoms with Gasteiger partial charge in [-0.25, -0.2) is 13.2 Å². The van der Waals surface area contributed by atoms with Gasteiger partial charge in [0.25, 0.3) is 11.6 Å². The van der Waals surface area contributed by atoms with Crippen LogP contribution in [-0.2, 0) is 6.61 Å². The maximum Gasteiger partial charge on any atom is 0.293 e. The van der Waals surface area contributed by atoms with E-state index in [0.717, 1.165) is 12.1 Å².